The highest BCUT2D eigenvalue weighted by Crippen LogP contribution is 2.34. The van der Waals surface area contributed by atoms with E-state index in [0.717, 1.165) is 6.07 Å². The summed E-state index contributed by atoms with van der Waals surface area (Å²) in [6, 6.07) is 3.54. The van der Waals surface area contributed by atoms with Crippen LogP contribution >= 0.6 is 15.9 Å². The topological polar surface area (TPSA) is 34.9 Å². The number of halogens is 4. The summed E-state index contributed by atoms with van der Waals surface area (Å²) in [5.41, 5.74) is -0.655. The lowest BCUT2D eigenvalue weighted by Gasteiger charge is -2.12. The molecule has 0 unspecified atom stereocenters. The van der Waals surface area contributed by atoms with E-state index in [0.29, 0.717) is 12.1 Å². The van der Waals surface area contributed by atoms with E-state index >= 15 is 0 Å². The molecule has 2 aromatic rings. The molecule has 0 fully saturated rings. The summed E-state index contributed by atoms with van der Waals surface area (Å²) in [7, 11) is 0. The molecule has 112 valence electrons. The van der Waals surface area contributed by atoms with Gasteiger partial charge in [0.15, 0.2) is 5.78 Å². The second-order valence-electron chi connectivity index (χ2n) is 4.49. The van der Waals surface area contributed by atoms with Gasteiger partial charge in [0.25, 0.3) is 0 Å². The van der Waals surface area contributed by atoms with Gasteiger partial charge in [-0.05, 0) is 30.7 Å². The number of aryl methyl sites for hydroxylation is 1. The quantitative estimate of drug-likeness (QED) is 0.769. The van der Waals surface area contributed by atoms with Crippen LogP contribution in [-0.4, -0.2) is 15.6 Å². The number of benzene rings is 1. The molecule has 21 heavy (non-hydrogen) atoms. The van der Waals surface area contributed by atoms with Crippen LogP contribution in [0.25, 0.3) is 0 Å². The van der Waals surface area contributed by atoms with Gasteiger partial charge in [-0.2, -0.15) is 18.3 Å². The largest absolute Gasteiger partial charge is 0.417 e. The summed E-state index contributed by atoms with van der Waals surface area (Å²) >= 11 is 2.99. The number of rotatable bonds is 4. The van der Waals surface area contributed by atoms with Crippen molar-refractivity contribution in [3.05, 3.63) is 51.8 Å². The summed E-state index contributed by atoms with van der Waals surface area (Å²) in [6.07, 6.45) is -1.52. The molecule has 0 atom stereocenters. The summed E-state index contributed by atoms with van der Waals surface area (Å²) in [6.45, 7) is 2.52. The molecular weight excluding hydrogens is 349 g/mol. The lowest BCUT2D eigenvalue weighted by Crippen LogP contribution is -2.14. The molecule has 0 radical (unpaired) electrons. The number of carbonyl (C=O) groups is 1. The average Bonchev–Trinajstić information content (AvgIpc) is 2.85. The van der Waals surface area contributed by atoms with E-state index in [1.54, 1.807) is 10.9 Å². The highest BCUT2D eigenvalue weighted by Gasteiger charge is 2.35. The Bertz CT molecular complexity index is 664. The number of carbonyl (C=O) groups excluding carboxylic acids is 1. The number of hydrogen-bond donors (Lipinski definition) is 0. The van der Waals surface area contributed by atoms with E-state index in [2.05, 4.69) is 21.0 Å². The van der Waals surface area contributed by atoms with Crippen molar-refractivity contribution in [3.8, 4) is 0 Å². The minimum atomic E-state index is -4.57. The van der Waals surface area contributed by atoms with Gasteiger partial charge in [0.2, 0.25) is 0 Å². The Morgan fingerprint density at radius 2 is 2.10 bits per heavy atom. The normalized spacial score (nSPS) is 11.7. The first-order chi connectivity index (χ1) is 9.81. The minimum Gasteiger partial charge on any atom is -0.294 e. The third-order valence-corrected chi connectivity index (χ3v) is 3.46. The molecule has 0 spiro atoms. The SMILES string of the molecule is CCn1cc(CC(=O)c2ccc(Br)cc2C(F)(F)F)cn1. The highest BCUT2D eigenvalue weighted by atomic mass is 79.9. The Hall–Kier alpha value is -1.63. The van der Waals surface area contributed by atoms with Crippen LogP contribution in [0.1, 0.15) is 28.4 Å². The fraction of sp³-hybridized carbons (Fsp3) is 0.286. The van der Waals surface area contributed by atoms with Gasteiger partial charge in [0.05, 0.1) is 11.8 Å². The van der Waals surface area contributed by atoms with Crippen molar-refractivity contribution in [2.75, 3.05) is 0 Å². The van der Waals surface area contributed by atoms with E-state index in [9.17, 15) is 18.0 Å². The number of ketones is 1. The summed E-state index contributed by atoms with van der Waals surface area (Å²) in [4.78, 5) is 12.1. The van der Waals surface area contributed by atoms with Gasteiger partial charge in [-0.3, -0.25) is 9.48 Å². The fourth-order valence-electron chi connectivity index (χ4n) is 1.95. The third kappa shape index (κ3) is 3.72. The molecule has 0 saturated carbocycles. The monoisotopic (exact) mass is 360 g/mol. The second kappa shape index (κ2) is 6.01. The zero-order chi connectivity index (χ0) is 15.6. The van der Waals surface area contributed by atoms with Gasteiger partial charge >= 0.3 is 6.18 Å². The van der Waals surface area contributed by atoms with Gasteiger partial charge in [-0.1, -0.05) is 15.9 Å². The Morgan fingerprint density at radius 1 is 1.38 bits per heavy atom. The maximum absolute atomic E-state index is 13.0. The molecular formula is C14H12BrF3N2O. The van der Waals surface area contributed by atoms with Crippen molar-refractivity contribution in [1.29, 1.82) is 0 Å². The van der Waals surface area contributed by atoms with E-state index in [4.69, 9.17) is 0 Å². The zero-order valence-corrected chi connectivity index (χ0v) is 12.7. The number of alkyl halides is 3. The summed E-state index contributed by atoms with van der Waals surface area (Å²) < 4.78 is 40.9. The zero-order valence-electron chi connectivity index (χ0n) is 11.1. The second-order valence-corrected chi connectivity index (χ2v) is 5.41. The average molecular weight is 361 g/mol. The molecule has 0 amide bonds. The Kier molecular flexibility index (Phi) is 4.51. The van der Waals surface area contributed by atoms with Crippen LogP contribution in [0.2, 0.25) is 0 Å². The molecule has 0 bridgehead atoms. The first kappa shape index (κ1) is 15.8. The molecule has 7 heteroatoms. The standard InChI is InChI=1S/C14H12BrF3N2O/c1-2-20-8-9(7-19-20)5-13(21)11-4-3-10(15)6-12(11)14(16,17)18/h3-4,6-8H,2,5H2,1H3. The molecule has 1 aromatic heterocycles. The molecule has 3 nitrogen and oxygen atoms in total. The molecule has 0 saturated heterocycles. The van der Waals surface area contributed by atoms with Gasteiger partial charge in [-0.15, -0.1) is 0 Å². The van der Waals surface area contributed by atoms with Crippen LogP contribution < -0.4 is 0 Å². The van der Waals surface area contributed by atoms with Crippen molar-refractivity contribution >= 4 is 21.7 Å². The molecule has 1 heterocycles. The number of nitrogens with zero attached hydrogens (tertiary/aromatic N) is 2. The van der Waals surface area contributed by atoms with Crippen LogP contribution in [0.5, 0.6) is 0 Å². The van der Waals surface area contributed by atoms with Crippen molar-refractivity contribution in [3.63, 3.8) is 0 Å². The number of hydrogen-bond acceptors (Lipinski definition) is 2. The van der Waals surface area contributed by atoms with Crippen LogP contribution in [0, 0.1) is 0 Å². The van der Waals surface area contributed by atoms with E-state index in [-0.39, 0.29) is 16.5 Å². The maximum Gasteiger partial charge on any atom is 0.417 e. The van der Waals surface area contributed by atoms with Gasteiger partial charge in [-0.25, -0.2) is 0 Å². The number of Topliss-reactive ketones (excluding diaryl/α,β-unsaturated/α-hetero) is 1. The van der Waals surface area contributed by atoms with Gasteiger partial charge < -0.3 is 0 Å². The minimum absolute atomic E-state index is 0.106. The van der Waals surface area contributed by atoms with Crippen LogP contribution in [-0.2, 0) is 19.1 Å². The molecule has 0 aliphatic rings. The van der Waals surface area contributed by atoms with Crippen LogP contribution in [0.15, 0.2) is 35.1 Å². The third-order valence-electron chi connectivity index (χ3n) is 2.96. The van der Waals surface area contributed by atoms with E-state index in [1.807, 2.05) is 6.92 Å². The lowest BCUT2D eigenvalue weighted by atomic mass is 9.99. The van der Waals surface area contributed by atoms with E-state index < -0.39 is 17.5 Å². The number of aromatic nitrogens is 2. The molecule has 2 rings (SSSR count). The first-order valence-corrected chi connectivity index (χ1v) is 7.02. The predicted molar refractivity (Wildman–Crippen MR) is 75.1 cm³/mol. The Balaban J connectivity index is 2.30. The lowest BCUT2D eigenvalue weighted by molar-refractivity contribution is -0.138. The van der Waals surface area contributed by atoms with Gasteiger partial charge in [0, 0.05) is 29.2 Å². The fourth-order valence-corrected chi connectivity index (χ4v) is 2.31. The summed E-state index contributed by atoms with van der Waals surface area (Å²) in [5.74, 6) is -0.578. The Morgan fingerprint density at radius 3 is 2.67 bits per heavy atom. The molecule has 0 aliphatic carbocycles. The van der Waals surface area contributed by atoms with Crippen molar-refractivity contribution in [2.24, 2.45) is 0 Å². The van der Waals surface area contributed by atoms with Gasteiger partial charge in [0.1, 0.15) is 0 Å². The van der Waals surface area contributed by atoms with Crippen molar-refractivity contribution in [2.45, 2.75) is 26.1 Å². The van der Waals surface area contributed by atoms with Crippen LogP contribution in [0.3, 0.4) is 0 Å². The Labute approximate surface area is 127 Å². The predicted octanol–water partition coefficient (Wildman–Crippen LogP) is 4.11. The first-order valence-electron chi connectivity index (χ1n) is 6.22. The van der Waals surface area contributed by atoms with Crippen molar-refractivity contribution < 1.29 is 18.0 Å². The van der Waals surface area contributed by atoms with E-state index in [1.165, 1.54) is 18.3 Å². The molecule has 0 aliphatic heterocycles. The van der Waals surface area contributed by atoms with Crippen molar-refractivity contribution in [1.82, 2.24) is 9.78 Å². The smallest absolute Gasteiger partial charge is 0.294 e. The van der Waals surface area contributed by atoms with Crippen LogP contribution in [0.4, 0.5) is 13.2 Å². The molecule has 1 aromatic carbocycles. The highest BCUT2D eigenvalue weighted by molar-refractivity contribution is 9.10. The maximum atomic E-state index is 13.0. The summed E-state index contributed by atoms with van der Waals surface area (Å²) in [5, 5.41) is 4.00. The molecule has 0 N–H and O–H groups in total.